The Morgan fingerprint density at radius 1 is 1.23 bits per heavy atom. The zero-order valence-corrected chi connectivity index (χ0v) is 14.1. The van der Waals surface area contributed by atoms with Crippen molar-refractivity contribution >= 4 is 40.0 Å². The maximum atomic E-state index is 12.2. The monoisotopic (exact) mass is 409 g/mol. The first-order valence-corrected chi connectivity index (χ1v) is 8.16. The van der Waals surface area contributed by atoms with Crippen molar-refractivity contribution in [2.24, 2.45) is 0 Å². The average Bonchev–Trinajstić information content (AvgIpc) is 2.56. The minimum Gasteiger partial charge on any atom is -0.378 e. The van der Waals surface area contributed by atoms with Crippen LogP contribution in [0.2, 0.25) is 0 Å². The van der Waals surface area contributed by atoms with Crippen LogP contribution in [0.15, 0.2) is 42.6 Å². The predicted molar refractivity (Wildman–Crippen MR) is 94.4 cm³/mol. The van der Waals surface area contributed by atoms with E-state index in [0.29, 0.717) is 11.4 Å². The number of rotatable bonds is 3. The van der Waals surface area contributed by atoms with Crippen LogP contribution in [0.5, 0.6) is 0 Å². The second kappa shape index (κ2) is 7.06. The number of carbonyl (C=O) groups excluding carboxylic acids is 1. The number of hydrogen-bond acceptors (Lipinski definition) is 4. The zero-order valence-electron chi connectivity index (χ0n) is 12.0. The van der Waals surface area contributed by atoms with E-state index in [4.69, 9.17) is 4.74 Å². The summed E-state index contributed by atoms with van der Waals surface area (Å²) >= 11 is 2.19. The molecule has 5 nitrogen and oxygen atoms in total. The molecule has 2 heterocycles. The van der Waals surface area contributed by atoms with Gasteiger partial charge in [-0.1, -0.05) is 6.07 Å². The number of benzene rings is 1. The second-order valence-corrected chi connectivity index (χ2v) is 6.21. The minimum absolute atomic E-state index is 0.148. The third kappa shape index (κ3) is 3.75. The van der Waals surface area contributed by atoms with Gasteiger partial charge in [0.05, 0.1) is 25.1 Å². The highest BCUT2D eigenvalue weighted by Crippen LogP contribution is 2.17. The Hall–Kier alpha value is -1.67. The van der Waals surface area contributed by atoms with Crippen molar-refractivity contribution in [3.8, 4) is 0 Å². The number of nitrogens with zero attached hydrogens (tertiary/aromatic N) is 2. The summed E-state index contributed by atoms with van der Waals surface area (Å²) in [4.78, 5) is 18.7. The molecule has 0 bridgehead atoms. The van der Waals surface area contributed by atoms with Crippen LogP contribution in [-0.4, -0.2) is 37.2 Å². The van der Waals surface area contributed by atoms with Gasteiger partial charge >= 0.3 is 0 Å². The summed E-state index contributed by atoms with van der Waals surface area (Å²) in [6.45, 7) is 3.22. The highest BCUT2D eigenvalue weighted by molar-refractivity contribution is 14.1. The molecule has 1 aliphatic rings. The van der Waals surface area contributed by atoms with E-state index in [1.807, 2.05) is 30.3 Å². The van der Waals surface area contributed by atoms with Gasteiger partial charge in [-0.15, -0.1) is 0 Å². The number of anilines is 2. The lowest BCUT2D eigenvalue weighted by atomic mass is 10.2. The van der Waals surface area contributed by atoms with Crippen LogP contribution < -0.4 is 10.2 Å². The van der Waals surface area contributed by atoms with E-state index in [1.165, 1.54) is 0 Å². The van der Waals surface area contributed by atoms with Gasteiger partial charge in [-0.05, 0) is 52.9 Å². The molecule has 3 rings (SSSR count). The zero-order chi connectivity index (χ0) is 15.4. The van der Waals surface area contributed by atoms with Gasteiger partial charge < -0.3 is 15.0 Å². The number of morpholine rings is 1. The Morgan fingerprint density at radius 3 is 2.73 bits per heavy atom. The summed E-state index contributed by atoms with van der Waals surface area (Å²) in [6, 6.07) is 11.3. The SMILES string of the molecule is O=C(Nc1ccc(N2CCOCC2)cn1)c1cccc(I)c1. The first-order chi connectivity index (χ1) is 10.7. The molecule has 0 atom stereocenters. The fourth-order valence-electron chi connectivity index (χ4n) is 2.29. The van der Waals surface area contributed by atoms with Crippen molar-refractivity contribution in [3.05, 3.63) is 51.7 Å². The molecule has 114 valence electrons. The number of pyridine rings is 1. The van der Waals surface area contributed by atoms with Crippen LogP contribution in [0, 0.1) is 3.57 Å². The maximum Gasteiger partial charge on any atom is 0.256 e. The van der Waals surface area contributed by atoms with Crippen LogP contribution in [0.4, 0.5) is 11.5 Å². The van der Waals surface area contributed by atoms with Gasteiger partial charge in [-0.3, -0.25) is 4.79 Å². The first-order valence-electron chi connectivity index (χ1n) is 7.08. The summed E-state index contributed by atoms with van der Waals surface area (Å²) in [5.74, 6) is 0.408. The largest absolute Gasteiger partial charge is 0.378 e. The third-order valence-electron chi connectivity index (χ3n) is 3.45. The standard InChI is InChI=1S/C16H16IN3O2/c17-13-3-1-2-12(10-13)16(21)19-15-5-4-14(11-18-15)20-6-8-22-9-7-20/h1-5,10-11H,6-9H2,(H,18,19,21). The molecule has 2 aromatic rings. The molecule has 1 aromatic carbocycles. The van der Waals surface area contributed by atoms with Gasteiger partial charge in [-0.2, -0.15) is 0 Å². The van der Waals surface area contributed by atoms with Gasteiger partial charge in [0.15, 0.2) is 0 Å². The molecule has 0 radical (unpaired) electrons. The van der Waals surface area contributed by atoms with Gasteiger partial charge in [0.25, 0.3) is 5.91 Å². The molecule has 1 aliphatic heterocycles. The van der Waals surface area contributed by atoms with Crippen LogP contribution in [0.3, 0.4) is 0 Å². The Bertz CT molecular complexity index is 655. The quantitative estimate of drug-likeness (QED) is 0.793. The Labute approximate surface area is 142 Å². The van der Waals surface area contributed by atoms with Crippen molar-refractivity contribution in [1.29, 1.82) is 0 Å². The van der Waals surface area contributed by atoms with Crippen molar-refractivity contribution in [2.45, 2.75) is 0 Å². The van der Waals surface area contributed by atoms with E-state index in [2.05, 4.69) is 37.8 Å². The number of carbonyl (C=O) groups is 1. The summed E-state index contributed by atoms with van der Waals surface area (Å²) in [6.07, 6.45) is 1.79. The molecular weight excluding hydrogens is 393 g/mol. The van der Waals surface area contributed by atoms with Gasteiger partial charge in [0, 0.05) is 22.2 Å². The molecule has 0 unspecified atom stereocenters. The van der Waals surface area contributed by atoms with E-state index in [-0.39, 0.29) is 5.91 Å². The molecule has 0 aliphatic carbocycles. The molecule has 0 saturated carbocycles. The molecule has 1 saturated heterocycles. The van der Waals surface area contributed by atoms with Gasteiger partial charge in [0.2, 0.25) is 0 Å². The topological polar surface area (TPSA) is 54.5 Å². The molecule has 0 spiro atoms. The maximum absolute atomic E-state index is 12.2. The number of amides is 1. The van der Waals surface area contributed by atoms with E-state index in [9.17, 15) is 4.79 Å². The number of ether oxygens (including phenoxy) is 1. The van der Waals surface area contributed by atoms with E-state index < -0.39 is 0 Å². The van der Waals surface area contributed by atoms with Crippen molar-refractivity contribution < 1.29 is 9.53 Å². The molecule has 1 N–H and O–H groups in total. The fraction of sp³-hybridized carbons (Fsp3) is 0.250. The molecule has 6 heteroatoms. The molecule has 1 amide bonds. The van der Waals surface area contributed by atoms with Crippen LogP contribution in [-0.2, 0) is 4.74 Å². The molecular formula is C16H16IN3O2. The number of hydrogen-bond donors (Lipinski definition) is 1. The Morgan fingerprint density at radius 2 is 2.05 bits per heavy atom. The summed E-state index contributed by atoms with van der Waals surface area (Å²) < 4.78 is 6.37. The Balaban J connectivity index is 1.66. The summed E-state index contributed by atoms with van der Waals surface area (Å²) in [7, 11) is 0. The van der Waals surface area contributed by atoms with E-state index in [1.54, 1.807) is 12.3 Å². The lowest BCUT2D eigenvalue weighted by molar-refractivity contribution is 0.102. The smallest absolute Gasteiger partial charge is 0.256 e. The highest BCUT2D eigenvalue weighted by Gasteiger charge is 2.12. The molecule has 1 aromatic heterocycles. The number of nitrogens with one attached hydrogen (secondary N) is 1. The minimum atomic E-state index is -0.148. The number of aromatic nitrogens is 1. The summed E-state index contributed by atoms with van der Waals surface area (Å²) in [5.41, 5.74) is 1.68. The predicted octanol–water partition coefficient (Wildman–Crippen LogP) is 2.78. The normalized spacial score (nSPS) is 14.7. The van der Waals surface area contributed by atoms with Gasteiger partial charge in [0.1, 0.15) is 5.82 Å². The van der Waals surface area contributed by atoms with E-state index in [0.717, 1.165) is 35.6 Å². The highest BCUT2D eigenvalue weighted by atomic mass is 127. The fourth-order valence-corrected chi connectivity index (χ4v) is 2.83. The molecule has 1 fully saturated rings. The van der Waals surface area contributed by atoms with Crippen molar-refractivity contribution in [3.63, 3.8) is 0 Å². The van der Waals surface area contributed by atoms with Crippen LogP contribution in [0.1, 0.15) is 10.4 Å². The molecule has 22 heavy (non-hydrogen) atoms. The second-order valence-electron chi connectivity index (χ2n) is 4.97. The summed E-state index contributed by atoms with van der Waals surface area (Å²) in [5, 5.41) is 2.82. The lowest BCUT2D eigenvalue weighted by Gasteiger charge is -2.28. The third-order valence-corrected chi connectivity index (χ3v) is 4.12. The number of halogens is 1. The average molecular weight is 409 g/mol. The lowest BCUT2D eigenvalue weighted by Crippen LogP contribution is -2.36. The van der Waals surface area contributed by atoms with Crippen molar-refractivity contribution in [1.82, 2.24) is 4.98 Å². The van der Waals surface area contributed by atoms with Crippen LogP contribution >= 0.6 is 22.6 Å². The van der Waals surface area contributed by atoms with Crippen molar-refractivity contribution in [2.75, 3.05) is 36.5 Å². The van der Waals surface area contributed by atoms with Gasteiger partial charge in [-0.25, -0.2) is 4.98 Å². The van der Waals surface area contributed by atoms with Crippen LogP contribution in [0.25, 0.3) is 0 Å². The van der Waals surface area contributed by atoms with E-state index >= 15 is 0 Å². The Kier molecular flexibility index (Phi) is 4.89. The first kappa shape index (κ1) is 15.2.